The van der Waals surface area contributed by atoms with Crippen LogP contribution >= 0.6 is 35.3 Å². The van der Waals surface area contributed by atoms with Gasteiger partial charge in [-0.1, -0.05) is 0 Å². The van der Waals surface area contributed by atoms with Crippen molar-refractivity contribution in [2.24, 2.45) is 0 Å². The summed E-state index contributed by atoms with van der Waals surface area (Å²) in [5.74, 6) is 1.62. The second kappa shape index (κ2) is 8.58. The number of aromatic amines is 2. The minimum absolute atomic E-state index is 0.104. The molecule has 3 aromatic rings. The average molecular weight is 439 g/mol. The molecule has 3 rings (SSSR count). The average Bonchev–Trinajstić information content (AvgIpc) is 3.16. The fraction of sp³-hybridized carbons (Fsp3) is 0.471. The molecule has 0 saturated carbocycles. The molecule has 0 spiro atoms. The maximum atomic E-state index is 12.4. The van der Waals surface area contributed by atoms with Gasteiger partial charge in [0.15, 0.2) is 10.6 Å². The Morgan fingerprint density at radius 1 is 1.43 bits per heavy atom. The molecule has 0 aliphatic rings. The topological polar surface area (TPSA) is 108 Å². The van der Waals surface area contributed by atoms with Crippen LogP contribution in [0.1, 0.15) is 35.9 Å². The van der Waals surface area contributed by atoms with Crippen LogP contribution < -0.4 is 10.9 Å². The molecule has 0 saturated heterocycles. The van der Waals surface area contributed by atoms with Crippen LogP contribution in [0, 0.1) is 18.6 Å². The molecule has 0 aromatic carbocycles. The van der Waals surface area contributed by atoms with Crippen molar-refractivity contribution in [3.8, 4) is 0 Å². The zero-order valence-corrected chi connectivity index (χ0v) is 18.5. The van der Waals surface area contributed by atoms with E-state index in [1.165, 1.54) is 23.1 Å². The van der Waals surface area contributed by atoms with E-state index in [-0.39, 0.29) is 16.7 Å². The number of hydrogen-bond acceptors (Lipinski definition) is 7. The van der Waals surface area contributed by atoms with E-state index in [9.17, 15) is 9.59 Å². The minimum Gasteiger partial charge on any atom is -0.348 e. The van der Waals surface area contributed by atoms with Crippen molar-refractivity contribution in [1.29, 1.82) is 0 Å². The first-order valence-corrected chi connectivity index (χ1v) is 11.1. The van der Waals surface area contributed by atoms with Crippen molar-refractivity contribution >= 4 is 51.4 Å². The maximum Gasteiger partial charge on any atom is 0.259 e. The van der Waals surface area contributed by atoms with Gasteiger partial charge in [-0.15, -0.1) is 23.1 Å². The van der Waals surface area contributed by atoms with Crippen LogP contribution in [0.3, 0.4) is 0 Å². The summed E-state index contributed by atoms with van der Waals surface area (Å²) in [6.07, 6.45) is 0. The van der Waals surface area contributed by atoms with Crippen molar-refractivity contribution in [3.63, 3.8) is 0 Å². The van der Waals surface area contributed by atoms with Gasteiger partial charge in [0.2, 0.25) is 5.91 Å². The number of aryl methyl sites for hydroxylation is 2. The van der Waals surface area contributed by atoms with Crippen LogP contribution in [0.4, 0.5) is 0 Å². The Balaban J connectivity index is 1.61. The molecule has 150 valence electrons. The van der Waals surface area contributed by atoms with Crippen molar-refractivity contribution in [2.75, 3.05) is 0 Å². The lowest BCUT2D eigenvalue weighted by atomic mass is 10.2. The molecule has 0 aliphatic carbocycles. The van der Waals surface area contributed by atoms with Gasteiger partial charge >= 0.3 is 0 Å². The van der Waals surface area contributed by atoms with E-state index < -0.39 is 0 Å². The number of aromatic nitrogens is 5. The van der Waals surface area contributed by atoms with Crippen LogP contribution in [0.2, 0.25) is 0 Å². The van der Waals surface area contributed by atoms with Gasteiger partial charge in [0.25, 0.3) is 5.56 Å². The largest absolute Gasteiger partial charge is 0.348 e. The number of amides is 1. The normalized spacial score (nSPS) is 12.4. The predicted molar refractivity (Wildman–Crippen MR) is 115 cm³/mol. The number of nitrogens with zero attached hydrogens (tertiary/aromatic N) is 3. The second-order valence-electron chi connectivity index (χ2n) is 6.34. The molecule has 3 N–H and O–H groups in total. The zero-order valence-electron chi connectivity index (χ0n) is 16.1. The minimum atomic E-state index is -0.301. The number of fused-ring (bicyclic) bond motifs is 1. The summed E-state index contributed by atoms with van der Waals surface area (Å²) < 4.78 is 2.38. The van der Waals surface area contributed by atoms with E-state index in [0.717, 1.165) is 15.3 Å². The first kappa shape index (κ1) is 20.7. The molecule has 3 heterocycles. The first-order chi connectivity index (χ1) is 13.3. The Kier molecular flexibility index (Phi) is 6.36. The number of thioether (sulfide) groups is 1. The van der Waals surface area contributed by atoms with Crippen LogP contribution in [-0.4, -0.2) is 35.9 Å². The van der Waals surface area contributed by atoms with E-state index in [2.05, 4.69) is 25.5 Å². The lowest BCUT2D eigenvalue weighted by Crippen LogP contribution is -2.31. The standard InChI is InChI=1S/C17H22N6O2S3/c1-5-23-12(21-22-17(23)26)6-18-14(24)10(4)27-7-11-19-15(25)13-8(2)9(3)28-16(13)20-11/h10H,5-7H2,1-4H3,(H,18,24)(H,22,26)(H,19,20,25). The lowest BCUT2D eigenvalue weighted by molar-refractivity contribution is -0.120. The highest BCUT2D eigenvalue weighted by molar-refractivity contribution is 7.99. The Morgan fingerprint density at radius 2 is 2.18 bits per heavy atom. The summed E-state index contributed by atoms with van der Waals surface area (Å²) in [5.41, 5.74) is 0.854. The number of carbonyl (C=O) groups excluding carboxylic acids is 1. The van der Waals surface area contributed by atoms with Crippen LogP contribution in [0.5, 0.6) is 0 Å². The number of nitrogens with one attached hydrogen (secondary N) is 3. The molecule has 28 heavy (non-hydrogen) atoms. The molecule has 0 radical (unpaired) electrons. The van der Waals surface area contributed by atoms with Gasteiger partial charge in [0.05, 0.1) is 22.9 Å². The molecule has 3 aromatic heterocycles. The smallest absolute Gasteiger partial charge is 0.259 e. The van der Waals surface area contributed by atoms with Gasteiger partial charge in [0.1, 0.15) is 10.7 Å². The quantitative estimate of drug-likeness (QED) is 0.490. The summed E-state index contributed by atoms with van der Waals surface area (Å²) in [6.45, 7) is 8.71. The van der Waals surface area contributed by atoms with Crippen LogP contribution in [0.15, 0.2) is 4.79 Å². The van der Waals surface area contributed by atoms with Gasteiger partial charge in [-0.3, -0.25) is 14.7 Å². The fourth-order valence-electron chi connectivity index (χ4n) is 2.77. The lowest BCUT2D eigenvalue weighted by Gasteiger charge is -2.12. The highest BCUT2D eigenvalue weighted by Crippen LogP contribution is 2.26. The van der Waals surface area contributed by atoms with E-state index in [1.807, 2.05) is 32.3 Å². The highest BCUT2D eigenvalue weighted by Gasteiger charge is 2.17. The first-order valence-electron chi connectivity index (χ1n) is 8.84. The van der Waals surface area contributed by atoms with Gasteiger partial charge in [-0.2, -0.15) is 5.10 Å². The summed E-state index contributed by atoms with van der Waals surface area (Å²) in [6, 6.07) is 0. The van der Waals surface area contributed by atoms with Crippen LogP contribution in [-0.2, 0) is 23.6 Å². The maximum absolute atomic E-state index is 12.4. The number of thiophene rings is 1. The molecule has 1 atom stereocenters. The van der Waals surface area contributed by atoms with Crippen molar-refractivity contribution in [2.45, 2.75) is 51.8 Å². The number of H-pyrrole nitrogens is 2. The third-order valence-corrected chi connectivity index (χ3v) is 7.07. The summed E-state index contributed by atoms with van der Waals surface area (Å²) >= 11 is 8.08. The van der Waals surface area contributed by atoms with Gasteiger partial charge in [-0.25, -0.2) is 4.98 Å². The van der Waals surface area contributed by atoms with E-state index in [4.69, 9.17) is 12.2 Å². The summed E-state index contributed by atoms with van der Waals surface area (Å²) in [7, 11) is 0. The molecule has 0 fully saturated rings. The third kappa shape index (κ3) is 4.20. The van der Waals surface area contributed by atoms with E-state index in [0.29, 0.717) is 40.6 Å². The molecule has 8 nitrogen and oxygen atoms in total. The Labute approximate surface area is 175 Å². The number of hydrogen-bond donors (Lipinski definition) is 3. The van der Waals surface area contributed by atoms with Gasteiger partial charge in [0, 0.05) is 11.4 Å². The Hall–Kier alpha value is -1.98. The monoisotopic (exact) mass is 438 g/mol. The van der Waals surface area contributed by atoms with E-state index in [1.54, 1.807) is 0 Å². The summed E-state index contributed by atoms with van der Waals surface area (Å²) in [4.78, 5) is 33.9. The zero-order chi connectivity index (χ0) is 20.4. The molecule has 0 aliphatic heterocycles. The SMILES string of the molecule is CCn1c(CNC(=O)C(C)SCc2nc3sc(C)c(C)c3c(=O)[nH]2)n[nH]c1=S. The summed E-state index contributed by atoms with van der Waals surface area (Å²) in [5, 5.41) is 10.1. The van der Waals surface area contributed by atoms with Crippen LogP contribution in [0.25, 0.3) is 10.2 Å². The molecule has 0 bridgehead atoms. The van der Waals surface area contributed by atoms with Crippen molar-refractivity contribution < 1.29 is 4.79 Å². The molecular formula is C17H22N6O2S3. The van der Waals surface area contributed by atoms with Crippen molar-refractivity contribution in [3.05, 3.63) is 37.2 Å². The molecule has 1 unspecified atom stereocenters. The van der Waals surface area contributed by atoms with Gasteiger partial charge < -0.3 is 14.9 Å². The Morgan fingerprint density at radius 3 is 2.89 bits per heavy atom. The Bertz CT molecular complexity index is 1130. The van der Waals surface area contributed by atoms with Gasteiger partial charge in [-0.05, 0) is 45.5 Å². The fourth-order valence-corrected chi connectivity index (χ4v) is 4.88. The number of rotatable bonds is 7. The van der Waals surface area contributed by atoms with E-state index >= 15 is 0 Å². The molecule has 11 heteroatoms. The predicted octanol–water partition coefficient (Wildman–Crippen LogP) is 2.81. The second-order valence-corrected chi connectivity index (χ2v) is 9.26. The molecule has 1 amide bonds. The third-order valence-electron chi connectivity index (χ3n) is 4.50. The number of carbonyl (C=O) groups is 1. The highest BCUT2D eigenvalue weighted by atomic mass is 32.2. The molecular weight excluding hydrogens is 416 g/mol. The van der Waals surface area contributed by atoms with Crippen molar-refractivity contribution in [1.82, 2.24) is 30.0 Å².